The van der Waals surface area contributed by atoms with Crippen molar-refractivity contribution in [1.29, 1.82) is 0 Å². The van der Waals surface area contributed by atoms with Crippen molar-refractivity contribution in [2.24, 2.45) is 11.8 Å². The van der Waals surface area contributed by atoms with Gasteiger partial charge >= 0.3 is 0 Å². The van der Waals surface area contributed by atoms with Gasteiger partial charge in [-0.1, -0.05) is 58.3 Å². The third-order valence-corrected chi connectivity index (χ3v) is 6.61. The third-order valence-electron chi connectivity index (χ3n) is 2.83. The fourth-order valence-corrected chi connectivity index (χ4v) is 6.13. The topological polar surface area (TPSA) is 40.5 Å². The van der Waals surface area contributed by atoms with Gasteiger partial charge in [0.1, 0.15) is 0 Å². The van der Waals surface area contributed by atoms with E-state index in [1.54, 1.807) is 0 Å². The summed E-state index contributed by atoms with van der Waals surface area (Å²) in [7, 11) is 0. The van der Waals surface area contributed by atoms with Gasteiger partial charge in [-0.3, -0.25) is 0 Å². The highest BCUT2D eigenvalue weighted by atomic mass is 32.9. The lowest BCUT2D eigenvalue weighted by Gasteiger charge is -2.30. The maximum atomic E-state index is 9.45. The van der Waals surface area contributed by atoms with Crippen molar-refractivity contribution in [3.05, 3.63) is 0 Å². The monoisotopic (exact) mass is 284 g/mol. The first-order valence-electron chi connectivity index (χ1n) is 6.05. The summed E-state index contributed by atoms with van der Waals surface area (Å²) in [5, 5.41) is 0.275. The SMILES string of the molecule is CCCCC(CC)C(SP(O)(O)=S)C(C)C. The van der Waals surface area contributed by atoms with E-state index in [4.69, 9.17) is 11.8 Å². The molecule has 0 aliphatic heterocycles. The minimum absolute atomic E-state index is 0.275. The Kier molecular flexibility index (Phi) is 8.56. The summed E-state index contributed by atoms with van der Waals surface area (Å²) in [5.74, 6) is 0.986. The average molecular weight is 284 g/mol. The van der Waals surface area contributed by atoms with Crippen LogP contribution in [0.3, 0.4) is 0 Å². The molecule has 0 spiro atoms. The van der Waals surface area contributed by atoms with Gasteiger partial charge in [0.25, 0.3) is 0 Å². The van der Waals surface area contributed by atoms with Gasteiger partial charge in [0.05, 0.1) is 0 Å². The van der Waals surface area contributed by atoms with Crippen LogP contribution in [0.15, 0.2) is 0 Å². The van der Waals surface area contributed by atoms with Crippen molar-refractivity contribution >= 4 is 28.9 Å². The molecule has 0 saturated heterocycles. The summed E-state index contributed by atoms with van der Waals surface area (Å²) in [6.45, 7) is 8.63. The Labute approximate surface area is 109 Å². The molecule has 0 aliphatic carbocycles. The second-order valence-corrected chi connectivity index (χ2v) is 10.7. The Balaban J connectivity index is 4.53. The summed E-state index contributed by atoms with van der Waals surface area (Å²) in [6.07, 6.45) is 4.66. The molecule has 5 heteroatoms. The number of unbranched alkanes of at least 4 members (excludes halogenated alkanes) is 1. The molecular formula is C11H25O2PS2. The highest BCUT2D eigenvalue weighted by molar-refractivity contribution is 8.67. The molecule has 0 aromatic heterocycles. The molecule has 0 aromatic carbocycles. The number of hydrogen-bond acceptors (Lipinski definition) is 2. The largest absolute Gasteiger partial charge is 0.338 e. The molecule has 0 aromatic rings. The van der Waals surface area contributed by atoms with E-state index in [0.717, 1.165) is 12.8 Å². The fourth-order valence-electron chi connectivity index (χ4n) is 1.98. The summed E-state index contributed by atoms with van der Waals surface area (Å²) in [5.41, 5.74) is -3.12. The van der Waals surface area contributed by atoms with Crippen LogP contribution >= 0.6 is 17.1 Å². The predicted octanol–water partition coefficient (Wildman–Crippen LogP) is 4.17. The smallest absolute Gasteiger partial charge is 0.242 e. The van der Waals surface area contributed by atoms with E-state index in [1.165, 1.54) is 24.2 Å². The van der Waals surface area contributed by atoms with Gasteiger partial charge in [-0.05, 0) is 30.1 Å². The normalized spacial score (nSPS) is 16.4. The lowest BCUT2D eigenvalue weighted by atomic mass is 9.90. The molecule has 0 aliphatic rings. The Morgan fingerprint density at radius 2 is 1.81 bits per heavy atom. The minimum Gasteiger partial charge on any atom is -0.338 e. The molecule has 16 heavy (non-hydrogen) atoms. The van der Waals surface area contributed by atoms with Crippen LogP contribution in [0.25, 0.3) is 0 Å². The van der Waals surface area contributed by atoms with Crippen molar-refractivity contribution in [3.8, 4) is 0 Å². The van der Waals surface area contributed by atoms with Crippen LogP contribution in [0.4, 0.5) is 0 Å². The predicted molar refractivity (Wildman–Crippen MR) is 78.2 cm³/mol. The van der Waals surface area contributed by atoms with Gasteiger partial charge in [0, 0.05) is 5.25 Å². The van der Waals surface area contributed by atoms with Gasteiger partial charge in [0.15, 0.2) is 0 Å². The van der Waals surface area contributed by atoms with Crippen LogP contribution in [0.2, 0.25) is 0 Å². The lowest BCUT2D eigenvalue weighted by Crippen LogP contribution is -2.22. The summed E-state index contributed by atoms with van der Waals surface area (Å²) >= 11 is 5.98. The summed E-state index contributed by atoms with van der Waals surface area (Å²) < 4.78 is 0. The van der Waals surface area contributed by atoms with E-state index in [1.807, 2.05) is 0 Å². The van der Waals surface area contributed by atoms with Crippen molar-refractivity contribution in [2.75, 3.05) is 0 Å². The molecular weight excluding hydrogens is 259 g/mol. The molecule has 2 atom stereocenters. The number of rotatable bonds is 8. The van der Waals surface area contributed by atoms with Gasteiger partial charge in [0.2, 0.25) is 5.69 Å². The Morgan fingerprint density at radius 1 is 1.25 bits per heavy atom. The van der Waals surface area contributed by atoms with Crippen LogP contribution in [-0.4, -0.2) is 15.0 Å². The molecule has 0 heterocycles. The zero-order valence-electron chi connectivity index (χ0n) is 10.7. The molecule has 0 amide bonds. The Bertz CT molecular complexity index is 228. The van der Waals surface area contributed by atoms with E-state index < -0.39 is 5.69 Å². The molecule has 0 fully saturated rings. The maximum Gasteiger partial charge on any atom is 0.242 e. The molecule has 0 radical (unpaired) electrons. The molecule has 98 valence electrons. The van der Waals surface area contributed by atoms with Gasteiger partial charge in [-0.25, -0.2) is 0 Å². The van der Waals surface area contributed by atoms with Crippen LogP contribution in [-0.2, 0) is 11.8 Å². The van der Waals surface area contributed by atoms with Crippen LogP contribution in [0.1, 0.15) is 53.4 Å². The highest BCUT2D eigenvalue weighted by Crippen LogP contribution is 2.56. The van der Waals surface area contributed by atoms with Crippen LogP contribution in [0, 0.1) is 11.8 Å². The number of hydrogen-bond donors (Lipinski definition) is 2. The highest BCUT2D eigenvalue weighted by Gasteiger charge is 2.28. The third kappa shape index (κ3) is 7.29. The second-order valence-electron chi connectivity index (χ2n) is 4.62. The Morgan fingerprint density at radius 3 is 2.12 bits per heavy atom. The molecule has 0 bridgehead atoms. The first kappa shape index (κ1) is 16.9. The van der Waals surface area contributed by atoms with Crippen LogP contribution in [0.5, 0.6) is 0 Å². The summed E-state index contributed by atoms with van der Waals surface area (Å²) in [4.78, 5) is 18.9. The molecule has 0 rings (SSSR count). The van der Waals surface area contributed by atoms with E-state index >= 15 is 0 Å². The van der Waals surface area contributed by atoms with Crippen molar-refractivity contribution < 1.29 is 9.79 Å². The average Bonchev–Trinajstić information content (AvgIpc) is 2.15. The van der Waals surface area contributed by atoms with Gasteiger partial charge in [-0.15, -0.1) is 0 Å². The minimum atomic E-state index is -3.12. The standard InChI is InChI=1S/C11H25O2PS2/c1-5-7-8-10(6-2)11(9(3)4)16-14(12,13)15/h9-11H,5-8H2,1-4H3,(H2,12,13,15). The molecule has 0 saturated carbocycles. The Hall–Kier alpha value is 0.920. The van der Waals surface area contributed by atoms with Gasteiger partial charge in [-0.2, -0.15) is 0 Å². The zero-order chi connectivity index (χ0) is 12.8. The van der Waals surface area contributed by atoms with Crippen molar-refractivity contribution in [1.82, 2.24) is 0 Å². The van der Waals surface area contributed by atoms with Crippen LogP contribution < -0.4 is 0 Å². The van der Waals surface area contributed by atoms with E-state index in [9.17, 15) is 9.79 Å². The lowest BCUT2D eigenvalue weighted by molar-refractivity contribution is 0.380. The van der Waals surface area contributed by atoms with E-state index in [2.05, 4.69) is 27.7 Å². The molecule has 2 N–H and O–H groups in total. The fraction of sp³-hybridized carbons (Fsp3) is 1.00. The zero-order valence-corrected chi connectivity index (χ0v) is 13.2. The van der Waals surface area contributed by atoms with Gasteiger partial charge < -0.3 is 9.79 Å². The maximum absolute atomic E-state index is 9.45. The van der Waals surface area contributed by atoms with Crippen molar-refractivity contribution in [2.45, 2.75) is 58.6 Å². The van der Waals surface area contributed by atoms with Crippen molar-refractivity contribution in [3.63, 3.8) is 0 Å². The second kappa shape index (κ2) is 8.10. The molecule has 2 unspecified atom stereocenters. The first-order chi connectivity index (χ1) is 7.31. The first-order valence-corrected chi connectivity index (χ1v) is 10.2. The van der Waals surface area contributed by atoms with E-state index in [-0.39, 0.29) is 5.25 Å². The van der Waals surface area contributed by atoms with E-state index in [0.29, 0.717) is 11.8 Å². The summed E-state index contributed by atoms with van der Waals surface area (Å²) in [6, 6.07) is 0. The quantitative estimate of drug-likeness (QED) is 0.656. The molecule has 2 nitrogen and oxygen atoms in total.